The van der Waals surface area contributed by atoms with E-state index in [1.807, 2.05) is 31.2 Å². The fourth-order valence-corrected chi connectivity index (χ4v) is 4.80. The van der Waals surface area contributed by atoms with Crippen molar-refractivity contribution < 1.29 is 28.9 Å². The van der Waals surface area contributed by atoms with Gasteiger partial charge in [-0.1, -0.05) is 18.2 Å². The second-order valence-electron chi connectivity index (χ2n) is 8.92. The summed E-state index contributed by atoms with van der Waals surface area (Å²) in [5.74, 6) is 0.518. The Hall–Kier alpha value is -3.10. The molecule has 34 heavy (non-hydrogen) atoms. The van der Waals surface area contributed by atoms with E-state index in [1.165, 1.54) is 0 Å². The average molecular weight is 469 g/mol. The number of benzene rings is 2. The maximum atomic E-state index is 13.7. The standard InChI is InChI=1S/C26H32N2O6/c1-18(19-6-8-20(9-7-19)24(29)30)27-25(31)26(11-14-33-15-12-26)28-13-10-23(17-28)34-22-5-3-4-21(16-22)32-2/h3-9,16,18,23H,10-15,17H2,1-2H3,(H,27,31)(H,29,30)/t18-,23+/m0/s1. The van der Waals surface area contributed by atoms with Crippen molar-refractivity contribution >= 4 is 11.9 Å². The Balaban J connectivity index is 1.44. The second-order valence-corrected chi connectivity index (χ2v) is 8.92. The van der Waals surface area contributed by atoms with E-state index >= 15 is 0 Å². The lowest BCUT2D eigenvalue weighted by Crippen LogP contribution is -2.61. The summed E-state index contributed by atoms with van der Waals surface area (Å²) in [6.07, 6.45) is 2.06. The molecule has 2 N–H and O–H groups in total. The number of methoxy groups -OCH3 is 1. The fraction of sp³-hybridized carbons (Fsp3) is 0.462. The Morgan fingerprint density at radius 3 is 2.53 bits per heavy atom. The van der Waals surface area contributed by atoms with Crippen LogP contribution in [0.3, 0.4) is 0 Å². The van der Waals surface area contributed by atoms with Gasteiger partial charge in [0, 0.05) is 32.4 Å². The molecular weight excluding hydrogens is 436 g/mol. The molecule has 8 nitrogen and oxygen atoms in total. The van der Waals surface area contributed by atoms with Crippen LogP contribution in [0.4, 0.5) is 0 Å². The molecule has 2 aromatic rings. The molecule has 0 aromatic heterocycles. The van der Waals surface area contributed by atoms with Crippen LogP contribution in [-0.4, -0.2) is 66.9 Å². The predicted octanol–water partition coefficient (Wildman–Crippen LogP) is 3.27. The number of carbonyl (C=O) groups excluding carboxylic acids is 1. The first kappa shape index (κ1) is 24.0. The minimum Gasteiger partial charge on any atom is -0.497 e. The zero-order valence-electron chi connectivity index (χ0n) is 19.7. The molecule has 2 fully saturated rings. The molecule has 182 valence electrons. The summed E-state index contributed by atoms with van der Waals surface area (Å²) in [7, 11) is 1.63. The van der Waals surface area contributed by atoms with Crippen LogP contribution >= 0.6 is 0 Å². The molecule has 0 radical (unpaired) electrons. The third-order valence-electron chi connectivity index (χ3n) is 6.84. The van der Waals surface area contributed by atoms with Gasteiger partial charge in [0.25, 0.3) is 0 Å². The molecule has 2 saturated heterocycles. The molecule has 1 amide bonds. The van der Waals surface area contributed by atoms with Crippen molar-refractivity contribution in [2.24, 2.45) is 0 Å². The van der Waals surface area contributed by atoms with Crippen molar-refractivity contribution in [2.75, 3.05) is 33.4 Å². The lowest BCUT2D eigenvalue weighted by molar-refractivity contribution is -0.140. The van der Waals surface area contributed by atoms with Crippen molar-refractivity contribution in [3.63, 3.8) is 0 Å². The molecular formula is C26H32N2O6. The van der Waals surface area contributed by atoms with E-state index in [-0.39, 0.29) is 23.6 Å². The SMILES string of the molecule is COc1cccc(O[C@@H]2CCN(C3(C(=O)N[C@@H](C)c4ccc(C(=O)O)cc4)CCOCC3)C2)c1. The highest BCUT2D eigenvalue weighted by atomic mass is 16.5. The lowest BCUT2D eigenvalue weighted by atomic mass is 9.86. The van der Waals surface area contributed by atoms with E-state index in [1.54, 1.807) is 31.4 Å². The number of hydrogen-bond acceptors (Lipinski definition) is 6. The van der Waals surface area contributed by atoms with Crippen molar-refractivity contribution in [1.82, 2.24) is 10.2 Å². The maximum absolute atomic E-state index is 13.7. The first-order valence-corrected chi connectivity index (χ1v) is 11.7. The Morgan fingerprint density at radius 1 is 1.15 bits per heavy atom. The molecule has 2 aromatic carbocycles. The van der Waals surface area contributed by atoms with Gasteiger partial charge in [0.05, 0.1) is 18.7 Å². The Morgan fingerprint density at radius 2 is 1.85 bits per heavy atom. The third kappa shape index (κ3) is 5.18. The van der Waals surface area contributed by atoms with Crippen molar-refractivity contribution in [3.05, 3.63) is 59.7 Å². The van der Waals surface area contributed by atoms with Gasteiger partial charge in [-0.2, -0.15) is 0 Å². The molecule has 0 aliphatic carbocycles. The van der Waals surface area contributed by atoms with Gasteiger partial charge in [-0.05, 0) is 56.0 Å². The summed E-state index contributed by atoms with van der Waals surface area (Å²) >= 11 is 0. The molecule has 2 atom stereocenters. The first-order chi connectivity index (χ1) is 16.4. The van der Waals surface area contributed by atoms with Crippen LogP contribution in [0.15, 0.2) is 48.5 Å². The van der Waals surface area contributed by atoms with E-state index < -0.39 is 11.5 Å². The minimum absolute atomic E-state index is 0.0133. The molecule has 2 aliphatic rings. The smallest absolute Gasteiger partial charge is 0.335 e. The largest absolute Gasteiger partial charge is 0.497 e. The van der Waals surface area contributed by atoms with E-state index in [2.05, 4.69) is 10.2 Å². The number of amides is 1. The minimum atomic E-state index is -0.968. The van der Waals surface area contributed by atoms with Gasteiger partial charge < -0.3 is 24.6 Å². The topological polar surface area (TPSA) is 97.3 Å². The van der Waals surface area contributed by atoms with E-state index in [9.17, 15) is 9.59 Å². The third-order valence-corrected chi connectivity index (χ3v) is 6.84. The van der Waals surface area contributed by atoms with Gasteiger partial charge in [0.1, 0.15) is 23.1 Å². The van der Waals surface area contributed by atoms with Gasteiger partial charge in [-0.3, -0.25) is 9.69 Å². The molecule has 0 unspecified atom stereocenters. The van der Waals surface area contributed by atoms with E-state index in [0.717, 1.165) is 30.0 Å². The highest BCUT2D eigenvalue weighted by Gasteiger charge is 2.48. The number of rotatable bonds is 8. The molecule has 2 heterocycles. The van der Waals surface area contributed by atoms with Crippen LogP contribution in [0.5, 0.6) is 11.5 Å². The van der Waals surface area contributed by atoms with E-state index in [0.29, 0.717) is 32.6 Å². The Bertz CT molecular complexity index is 1000. The Kier molecular flexibility index (Phi) is 7.38. The number of ether oxygens (including phenoxy) is 3. The molecule has 4 rings (SSSR count). The number of carboxylic acid groups (broad SMARTS) is 1. The number of nitrogens with zero attached hydrogens (tertiary/aromatic N) is 1. The summed E-state index contributed by atoms with van der Waals surface area (Å²) in [6, 6.07) is 13.9. The van der Waals surface area contributed by atoms with Crippen molar-refractivity contribution in [1.29, 1.82) is 0 Å². The number of nitrogens with one attached hydrogen (secondary N) is 1. The molecule has 0 saturated carbocycles. The van der Waals surface area contributed by atoms with Crippen LogP contribution in [0, 0.1) is 0 Å². The molecule has 0 spiro atoms. The summed E-state index contributed by atoms with van der Waals surface area (Å²) in [5.41, 5.74) is 0.434. The fourth-order valence-electron chi connectivity index (χ4n) is 4.80. The van der Waals surface area contributed by atoms with Gasteiger partial charge in [0.2, 0.25) is 5.91 Å². The summed E-state index contributed by atoms with van der Waals surface area (Å²) in [5, 5.41) is 12.3. The highest BCUT2D eigenvalue weighted by molar-refractivity contribution is 5.88. The number of likely N-dealkylation sites (tertiary alicyclic amines) is 1. The van der Waals surface area contributed by atoms with Gasteiger partial charge in [-0.25, -0.2) is 4.79 Å². The monoisotopic (exact) mass is 468 g/mol. The van der Waals surface area contributed by atoms with Gasteiger partial charge in [-0.15, -0.1) is 0 Å². The summed E-state index contributed by atoms with van der Waals surface area (Å²) in [6.45, 7) is 4.41. The van der Waals surface area contributed by atoms with Crippen molar-refractivity contribution in [2.45, 2.75) is 43.9 Å². The first-order valence-electron chi connectivity index (χ1n) is 11.7. The zero-order valence-corrected chi connectivity index (χ0v) is 19.7. The number of carbonyl (C=O) groups is 2. The highest BCUT2D eigenvalue weighted by Crippen LogP contribution is 2.34. The molecule has 8 heteroatoms. The van der Waals surface area contributed by atoms with Crippen LogP contribution in [0.2, 0.25) is 0 Å². The quantitative estimate of drug-likeness (QED) is 0.614. The summed E-state index contributed by atoms with van der Waals surface area (Å²) < 4.78 is 17.1. The van der Waals surface area contributed by atoms with Crippen molar-refractivity contribution in [3.8, 4) is 11.5 Å². The average Bonchev–Trinajstić information content (AvgIpc) is 3.33. The molecule has 0 bridgehead atoms. The van der Waals surface area contributed by atoms with E-state index in [4.69, 9.17) is 19.3 Å². The van der Waals surface area contributed by atoms with Crippen LogP contribution in [-0.2, 0) is 9.53 Å². The normalized spacial score (nSPS) is 20.9. The maximum Gasteiger partial charge on any atom is 0.335 e. The molecule has 2 aliphatic heterocycles. The predicted molar refractivity (Wildman–Crippen MR) is 126 cm³/mol. The van der Waals surface area contributed by atoms with Gasteiger partial charge >= 0.3 is 5.97 Å². The Labute approximate surface area is 199 Å². The van der Waals surface area contributed by atoms with Crippen LogP contribution in [0.25, 0.3) is 0 Å². The number of aromatic carboxylic acids is 1. The number of hydrogen-bond donors (Lipinski definition) is 2. The van der Waals surface area contributed by atoms with Crippen LogP contribution in [0.1, 0.15) is 48.1 Å². The second kappa shape index (κ2) is 10.4. The van der Waals surface area contributed by atoms with Crippen LogP contribution < -0.4 is 14.8 Å². The lowest BCUT2D eigenvalue weighted by Gasteiger charge is -2.43. The summed E-state index contributed by atoms with van der Waals surface area (Å²) in [4.78, 5) is 27.0. The zero-order chi connectivity index (χ0) is 24.1. The number of carboxylic acids is 1. The van der Waals surface area contributed by atoms with Gasteiger partial charge in [0.15, 0.2) is 0 Å².